The molecule has 5 aromatic rings. The van der Waals surface area contributed by atoms with Crippen LogP contribution < -0.4 is 5.63 Å². The topological polar surface area (TPSA) is 50.9 Å². The van der Waals surface area contributed by atoms with E-state index in [9.17, 15) is 4.79 Å². The van der Waals surface area contributed by atoms with E-state index < -0.39 is 5.63 Å². The fourth-order valence-corrected chi connectivity index (χ4v) is 3.64. The molecule has 0 fully saturated rings. The van der Waals surface area contributed by atoms with Gasteiger partial charge >= 0.3 is 5.63 Å². The molecule has 0 aliphatic rings. The van der Waals surface area contributed by atoms with Gasteiger partial charge < -0.3 is 9.40 Å². The Morgan fingerprint density at radius 2 is 1.67 bits per heavy atom. The minimum Gasteiger partial charge on any atom is -0.422 e. The van der Waals surface area contributed by atoms with Gasteiger partial charge in [0.05, 0.1) is 11.3 Å². The fourth-order valence-electron chi connectivity index (χ4n) is 3.37. The van der Waals surface area contributed by atoms with Gasteiger partial charge in [-0.15, -0.1) is 0 Å². The Bertz CT molecular complexity index is 1410. The molecule has 130 valence electrons. The summed E-state index contributed by atoms with van der Waals surface area (Å²) in [6, 6.07) is 23.5. The highest BCUT2D eigenvalue weighted by Crippen LogP contribution is 2.27. The zero-order valence-corrected chi connectivity index (χ0v) is 15.0. The largest absolute Gasteiger partial charge is 0.422 e. The Kier molecular flexibility index (Phi) is 3.55. The molecule has 0 saturated carbocycles. The number of fused-ring (bicyclic) bond motifs is 3. The quantitative estimate of drug-likeness (QED) is 0.255. The summed E-state index contributed by atoms with van der Waals surface area (Å²) in [7, 11) is 0. The van der Waals surface area contributed by atoms with Gasteiger partial charge in [0.2, 0.25) is 0 Å². The van der Waals surface area contributed by atoms with Gasteiger partial charge in [-0.2, -0.15) is 0 Å². The number of rotatable bonds is 2. The van der Waals surface area contributed by atoms with E-state index in [2.05, 4.69) is 4.98 Å². The van der Waals surface area contributed by atoms with Crippen LogP contribution in [-0.2, 0) is 0 Å². The Balaban J connectivity index is 1.76. The summed E-state index contributed by atoms with van der Waals surface area (Å²) in [5.41, 5.74) is 2.20. The predicted octanol–water partition coefficient (Wildman–Crippen LogP) is 5.46. The van der Waals surface area contributed by atoms with Crippen molar-refractivity contribution in [2.24, 2.45) is 0 Å². The van der Waals surface area contributed by atoms with Gasteiger partial charge in [0.15, 0.2) is 4.77 Å². The normalized spacial score (nSPS) is 11.3. The first-order valence-electron chi connectivity index (χ1n) is 8.54. The lowest BCUT2D eigenvalue weighted by molar-refractivity contribution is 0.563. The Morgan fingerprint density at radius 1 is 0.889 bits per heavy atom. The van der Waals surface area contributed by atoms with Crippen molar-refractivity contribution in [2.45, 2.75) is 0 Å². The van der Waals surface area contributed by atoms with Crippen molar-refractivity contribution in [2.75, 3.05) is 0 Å². The number of nitrogens with one attached hydrogen (secondary N) is 1. The first kappa shape index (κ1) is 15.8. The van der Waals surface area contributed by atoms with Crippen molar-refractivity contribution >= 4 is 34.0 Å². The number of para-hydroxylation sites is 1. The highest BCUT2D eigenvalue weighted by atomic mass is 32.1. The minimum atomic E-state index is -0.394. The molecule has 0 amide bonds. The summed E-state index contributed by atoms with van der Waals surface area (Å²) in [6.07, 6.45) is 1.83. The van der Waals surface area contributed by atoms with Gasteiger partial charge in [-0.1, -0.05) is 48.5 Å². The molecule has 27 heavy (non-hydrogen) atoms. The molecule has 0 unspecified atom stereocenters. The van der Waals surface area contributed by atoms with E-state index in [0.717, 1.165) is 21.8 Å². The molecule has 0 bridgehead atoms. The van der Waals surface area contributed by atoms with Crippen LogP contribution in [-0.4, -0.2) is 9.55 Å². The van der Waals surface area contributed by atoms with Gasteiger partial charge in [-0.05, 0) is 47.3 Å². The maximum absolute atomic E-state index is 12.6. The molecule has 5 rings (SSSR count). The van der Waals surface area contributed by atoms with Crippen LogP contribution in [0, 0.1) is 4.77 Å². The third kappa shape index (κ3) is 2.60. The third-order valence-electron chi connectivity index (χ3n) is 4.69. The first-order valence-corrected chi connectivity index (χ1v) is 8.94. The van der Waals surface area contributed by atoms with Gasteiger partial charge in [-0.25, -0.2) is 4.79 Å². The van der Waals surface area contributed by atoms with Crippen LogP contribution in [0.5, 0.6) is 0 Å². The van der Waals surface area contributed by atoms with Crippen LogP contribution in [0.2, 0.25) is 0 Å². The first-order chi connectivity index (χ1) is 13.2. The summed E-state index contributed by atoms with van der Waals surface area (Å²) >= 11 is 5.45. The van der Waals surface area contributed by atoms with Crippen LogP contribution in [0.25, 0.3) is 38.7 Å². The Hall–Kier alpha value is -3.44. The van der Waals surface area contributed by atoms with Crippen LogP contribution in [0.15, 0.2) is 88.2 Å². The summed E-state index contributed by atoms with van der Waals surface area (Å²) < 4.78 is 7.96. The molecule has 4 nitrogen and oxygen atoms in total. The molecule has 3 aromatic carbocycles. The molecule has 5 heteroatoms. The van der Waals surface area contributed by atoms with E-state index in [0.29, 0.717) is 21.6 Å². The van der Waals surface area contributed by atoms with Crippen molar-refractivity contribution in [3.8, 4) is 16.9 Å². The number of hydrogen-bond donors (Lipinski definition) is 1. The molecular weight excluding hydrogens is 356 g/mol. The van der Waals surface area contributed by atoms with Crippen molar-refractivity contribution in [1.82, 2.24) is 9.55 Å². The van der Waals surface area contributed by atoms with E-state index >= 15 is 0 Å². The molecule has 0 atom stereocenters. The van der Waals surface area contributed by atoms with Gasteiger partial charge in [0.25, 0.3) is 0 Å². The molecule has 0 saturated heterocycles. The highest BCUT2D eigenvalue weighted by Gasteiger charge is 2.13. The summed E-state index contributed by atoms with van der Waals surface area (Å²) in [5.74, 6) is 0. The smallest absolute Gasteiger partial charge is 0.345 e. The van der Waals surface area contributed by atoms with E-state index in [1.54, 1.807) is 0 Å². The Labute approximate surface area is 159 Å². The number of aromatic nitrogens is 2. The average Bonchev–Trinajstić information content (AvgIpc) is 3.09. The highest BCUT2D eigenvalue weighted by molar-refractivity contribution is 7.71. The SMILES string of the molecule is O=c1oc2ccc3ccccc3c2cc1-c1cn(-c2ccccc2)c(=S)[nH]1. The summed E-state index contributed by atoms with van der Waals surface area (Å²) in [5, 5.41) is 3.04. The average molecular weight is 370 g/mol. The second-order valence-electron chi connectivity index (χ2n) is 6.32. The Morgan fingerprint density at radius 3 is 2.52 bits per heavy atom. The lowest BCUT2D eigenvalue weighted by atomic mass is 10.0. The lowest BCUT2D eigenvalue weighted by Crippen LogP contribution is -2.03. The number of H-pyrrole nitrogens is 1. The van der Waals surface area contributed by atoms with Gasteiger partial charge in [0, 0.05) is 17.3 Å². The lowest BCUT2D eigenvalue weighted by Gasteiger charge is -2.04. The molecule has 2 heterocycles. The molecule has 2 aromatic heterocycles. The number of nitrogens with zero attached hydrogens (tertiary/aromatic N) is 1. The van der Waals surface area contributed by atoms with E-state index in [1.165, 1.54) is 0 Å². The van der Waals surface area contributed by atoms with E-state index in [4.69, 9.17) is 16.6 Å². The summed E-state index contributed by atoms with van der Waals surface area (Å²) in [6.45, 7) is 0. The monoisotopic (exact) mass is 370 g/mol. The minimum absolute atomic E-state index is 0.394. The second-order valence-corrected chi connectivity index (χ2v) is 6.71. The maximum Gasteiger partial charge on any atom is 0.345 e. The number of aromatic amines is 1. The zero-order chi connectivity index (χ0) is 18.4. The van der Waals surface area contributed by atoms with Crippen molar-refractivity contribution in [3.63, 3.8) is 0 Å². The zero-order valence-electron chi connectivity index (χ0n) is 14.2. The van der Waals surface area contributed by atoms with Crippen LogP contribution in [0.1, 0.15) is 0 Å². The molecule has 0 aliphatic carbocycles. The fraction of sp³-hybridized carbons (Fsp3) is 0. The second kappa shape index (κ2) is 6.07. The van der Waals surface area contributed by atoms with Crippen LogP contribution in [0.4, 0.5) is 0 Å². The summed E-state index contributed by atoms with van der Waals surface area (Å²) in [4.78, 5) is 15.7. The number of imidazole rings is 1. The maximum atomic E-state index is 12.6. The van der Waals surface area contributed by atoms with E-state index in [-0.39, 0.29) is 0 Å². The molecule has 0 aliphatic heterocycles. The number of hydrogen-bond acceptors (Lipinski definition) is 3. The third-order valence-corrected chi connectivity index (χ3v) is 4.98. The molecule has 0 spiro atoms. The van der Waals surface area contributed by atoms with Crippen molar-refractivity contribution in [3.05, 3.63) is 94.2 Å². The predicted molar refractivity (Wildman–Crippen MR) is 110 cm³/mol. The molecule has 0 radical (unpaired) electrons. The van der Waals surface area contributed by atoms with Crippen LogP contribution >= 0.6 is 12.2 Å². The van der Waals surface area contributed by atoms with Gasteiger partial charge in [-0.3, -0.25) is 4.57 Å². The standard InChI is InChI=1S/C22H14N2O2S/c25-21-18(19-13-24(22(27)23-19)15-7-2-1-3-8-15)12-17-16-9-5-4-6-14(16)10-11-20(17)26-21/h1-13H,(H,23,27). The van der Waals surface area contributed by atoms with Crippen molar-refractivity contribution < 1.29 is 4.42 Å². The van der Waals surface area contributed by atoms with E-state index in [1.807, 2.05) is 83.6 Å². The van der Waals surface area contributed by atoms with Gasteiger partial charge in [0.1, 0.15) is 5.58 Å². The molecule has 1 N–H and O–H groups in total. The van der Waals surface area contributed by atoms with Crippen LogP contribution in [0.3, 0.4) is 0 Å². The number of benzene rings is 3. The van der Waals surface area contributed by atoms with Crippen molar-refractivity contribution in [1.29, 1.82) is 0 Å². The molecular formula is C22H14N2O2S.